The second kappa shape index (κ2) is 7.63. The first kappa shape index (κ1) is 10.5. The van der Waals surface area contributed by atoms with Crippen LogP contribution in [0.3, 0.4) is 0 Å². The number of hydrogen-bond acceptors (Lipinski definition) is 2. The molecule has 0 N–H and O–H groups in total. The maximum Gasteiger partial charge on any atom is 0.176 e. The van der Waals surface area contributed by atoms with Crippen molar-refractivity contribution >= 4 is 21.7 Å². The molecule has 0 fully saturated rings. The molecule has 1 atom stereocenters. The van der Waals surface area contributed by atoms with Crippen molar-refractivity contribution in [2.24, 2.45) is 0 Å². The highest BCUT2D eigenvalue weighted by atomic mass is 32.1. The van der Waals surface area contributed by atoms with Crippen LogP contribution in [0.1, 0.15) is 19.8 Å². The van der Waals surface area contributed by atoms with Crippen LogP contribution in [0.25, 0.3) is 0 Å². The van der Waals surface area contributed by atoms with E-state index in [9.17, 15) is 0 Å². The lowest BCUT2D eigenvalue weighted by Crippen LogP contribution is -2.14. The average Bonchev–Trinajstić information content (AvgIpc) is 1.98. The summed E-state index contributed by atoms with van der Waals surface area (Å²) in [6, 6.07) is 2.62. The number of thiol groups is 1. The topological polar surface area (TPSA) is 9.23 Å². The van der Waals surface area contributed by atoms with Gasteiger partial charge in [0.1, 0.15) is 0 Å². The van der Waals surface area contributed by atoms with Gasteiger partial charge in [-0.1, -0.05) is 13.3 Å². The Morgan fingerprint density at radius 2 is 2.10 bits per heavy atom. The smallest absolute Gasteiger partial charge is 0.176 e. The number of hydrogen-bond donors (Lipinski definition) is 1. The molecule has 0 aromatic rings. The van der Waals surface area contributed by atoms with Gasteiger partial charge in [-0.2, -0.15) is 12.6 Å². The first-order chi connectivity index (χ1) is 4.85. The summed E-state index contributed by atoms with van der Waals surface area (Å²) < 4.78 is 5.40. The molecule has 0 saturated carbocycles. The largest absolute Gasteiger partial charge is 0.423 e. The van der Waals surface area contributed by atoms with Gasteiger partial charge in [0.2, 0.25) is 0 Å². The summed E-state index contributed by atoms with van der Waals surface area (Å²) in [7, 11) is 1.07. The predicted molar refractivity (Wildman–Crippen MR) is 52.5 cm³/mol. The average molecular weight is 178 g/mol. The second-order valence-corrected chi connectivity index (χ2v) is 5.83. The van der Waals surface area contributed by atoms with Crippen molar-refractivity contribution in [3.63, 3.8) is 0 Å². The summed E-state index contributed by atoms with van der Waals surface area (Å²) >= 11 is 4.17. The predicted octanol–water partition coefficient (Wildman–Crippen LogP) is 2.09. The molecule has 10 heavy (non-hydrogen) atoms. The summed E-state index contributed by atoms with van der Waals surface area (Å²) in [6.45, 7) is 2.22. The van der Waals surface area contributed by atoms with E-state index in [0.717, 1.165) is 5.75 Å². The maximum absolute atomic E-state index is 5.40. The van der Waals surface area contributed by atoms with Crippen LogP contribution >= 0.6 is 12.6 Å². The minimum absolute atomic E-state index is 0.779. The van der Waals surface area contributed by atoms with Crippen molar-refractivity contribution < 1.29 is 4.43 Å². The Morgan fingerprint density at radius 3 is 2.50 bits per heavy atom. The van der Waals surface area contributed by atoms with Gasteiger partial charge in [0.05, 0.1) is 0 Å². The Kier molecular flexibility index (Phi) is 8.03. The molecule has 0 aliphatic rings. The van der Waals surface area contributed by atoms with Crippen LogP contribution in [0.4, 0.5) is 0 Å². The van der Waals surface area contributed by atoms with E-state index < -0.39 is 9.04 Å². The molecular weight excluding hydrogens is 160 g/mol. The molecule has 0 radical (unpaired) electrons. The van der Waals surface area contributed by atoms with Gasteiger partial charge < -0.3 is 4.43 Å². The first-order valence-corrected chi connectivity index (χ1v) is 6.72. The zero-order valence-electron chi connectivity index (χ0n) is 6.97. The highest BCUT2D eigenvalue weighted by Crippen LogP contribution is 2.06. The van der Waals surface area contributed by atoms with Crippen LogP contribution in [-0.4, -0.2) is 21.9 Å². The summed E-state index contributed by atoms with van der Waals surface area (Å²) in [5, 5.41) is 0. The van der Waals surface area contributed by atoms with E-state index in [1.165, 1.54) is 24.9 Å². The van der Waals surface area contributed by atoms with Gasteiger partial charge >= 0.3 is 0 Å². The highest BCUT2D eigenvalue weighted by molar-refractivity contribution is 7.80. The Balaban J connectivity index is 3.21. The zero-order chi connectivity index (χ0) is 7.82. The van der Waals surface area contributed by atoms with Crippen LogP contribution in [0.2, 0.25) is 12.1 Å². The summed E-state index contributed by atoms with van der Waals surface area (Å²) in [5.74, 6) is 1.01. The zero-order valence-corrected chi connectivity index (χ0v) is 9.02. The van der Waals surface area contributed by atoms with Crippen molar-refractivity contribution in [3.05, 3.63) is 0 Å². The van der Waals surface area contributed by atoms with Crippen LogP contribution in [-0.2, 0) is 4.43 Å². The van der Waals surface area contributed by atoms with Gasteiger partial charge in [-0.3, -0.25) is 0 Å². The molecule has 0 spiro atoms. The van der Waals surface area contributed by atoms with E-state index in [1.54, 1.807) is 0 Å². The lowest BCUT2D eigenvalue weighted by atomic mass is 10.6. The molecule has 0 aromatic carbocycles. The maximum atomic E-state index is 5.40. The van der Waals surface area contributed by atoms with Crippen molar-refractivity contribution in [2.75, 3.05) is 12.9 Å². The molecule has 0 aliphatic heterocycles. The van der Waals surface area contributed by atoms with Gasteiger partial charge in [0.25, 0.3) is 0 Å². The quantitative estimate of drug-likeness (QED) is 0.484. The van der Waals surface area contributed by atoms with Crippen LogP contribution in [0, 0.1) is 0 Å². The monoisotopic (exact) mass is 178 g/mol. The van der Waals surface area contributed by atoms with Gasteiger partial charge in [0, 0.05) is 7.11 Å². The van der Waals surface area contributed by atoms with E-state index in [0.29, 0.717) is 0 Å². The lowest BCUT2D eigenvalue weighted by Gasteiger charge is -2.10. The molecule has 3 heteroatoms. The normalized spacial score (nSPS) is 13.5. The van der Waals surface area contributed by atoms with E-state index in [4.69, 9.17) is 4.43 Å². The number of rotatable bonds is 6. The molecule has 0 aliphatic carbocycles. The third kappa shape index (κ3) is 5.32. The minimum Gasteiger partial charge on any atom is -0.423 e. The first-order valence-electron chi connectivity index (χ1n) is 3.98. The standard InChI is InChI=1S/C7H18OSSi/c1-3-6-10(8-2)7-4-5-9/h9-10H,3-7H2,1-2H3. The second-order valence-electron chi connectivity index (χ2n) is 2.51. The highest BCUT2D eigenvalue weighted by Gasteiger charge is 2.06. The molecule has 0 saturated heterocycles. The van der Waals surface area contributed by atoms with Crippen molar-refractivity contribution in [1.29, 1.82) is 0 Å². The molecule has 0 heterocycles. The molecule has 1 nitrogen and oxygen atoms in total. The van der Waals surface area contributed by atoms with Crippen molar-refractivity contribution in [2.45, 2.75) is 31.9 Å². The van der Waals surface area contributed by atoms with Gasteiger partial charge in [0.15, 0.2) is 9.04 Å². The van der Waals surface area contributed by atoms with Crippen molar-refractivity contribution in [1.82, 2.24) is 0 Å². The fraction of sp³-hybridized carbons (Fsp3) is 1.00. The van der Waals surface area contributed by atoms with Gasteiger partial charge in [-0.15, -0.1) is 0 Å². The van der Waals surface area contributed by atoms with E-state index in [1.807, 2.05) is 7.11 Å². The fourth-order valence-electron chi connectivity index (χ4n) is 1.02. The Bertz CT molecular complexity index is 70.6. The van der Waals surface area contributed by atoms with E-state index >= 15 is 0 Å². The Morgan fingerprint density at radius 1 is 1.40 bits per heavy atom. The van der Waals surface area contributed by atoms with Crippen LogP contribution in [0.5, 0.6) is 0 Å². The van der Waals surface area contributed by atoms with E-state index in [2.05, 4.69) is 19.6 Å². The van der Waals surface area contributed by atoms with Crippen LogP contribution in [0.15, 0.2) is 0 Å². The molecule has 62 valence electrons. The summed E-state index contributed by atoms with van der Waals surface area (Å²) in [6.07, 6.45) is 2.51. The van der Waals surface area contributed by atoms with E-state index in [-0.39, 0.29) is 0 Å². The van der Waals surface area contributed by atoms with Gasteiger partial charge in [-0.05, 0) is 24.3 Å². The van der Waals surface area contributed by atoms with Crippen LogP contribution < -0.4 is 0 Å². The SMILES string of the molecule is CCC[SiH](CCCS)OC. The molecule has 0 bridgehead atoms. The Labute approximate surface area is 71.3 Å². The molecule has 0 rings (SSSR count). The molecular formula is C7H18OSSi. The summed E-state index contributed by atoms with van der Waals surface area (Å²) in [5.41, 5.74) is 0. The van der Waals surface area contributed by atoms with Crippen molar-refractivity contribution in [3.8, 4) is 0 Å². The minimum atomic E-state index is -0.779. The lowest BCUT2D eigenvalue weighted by molar-refractivity contribution is 0.416. The third-order valence-electron chi connectivity index (χ3n) is 1.63. The molecule has 0 aromatic heterocycles. The van der Waals surface area contributed by atoms with Gasteiger partial charge in [-0.25, -0.2) is 0 Å². The third-order valence-corrected chi connectivity index (χ3v) is 4.88. The summed E-state index contributed by atoms with van der Waals surface area (Å²) in [4.78, 5) is 0. The molecule has 1 unspecified atom stereocenters. The molecule has 0 amide bonds. The Hall–Kier alpha value is 0.527. The fourth-order valence-corrected chi connectivity index (χ4v) is 3.61.